The van der Waals surface area contributed by atoms with E-state index in [1.54, 1.807) is 36.4 Å². The van der Waals surface area contributed by atoms with E-state index < -0.39 is 0 Å². The SMILES string of the molecule is O=C(NC1CCN(Cc2ccc(F)cc2)CC1)c1cccc(OCc2ccc(F)cc2)c1. The lowest BCUT2D eigenvalue weighted by molar-refractivity contribution is 0.0908. The van der Waals surface area contributed by atoms with E-state index in [2.05, 4.69) is 10.2 Å². The molecule has 0 atom stereocenters. The zero-order valence-corrected chi connectivity index (χ0v) is 17.8. The number of halogens is 2. The van der Waals surface area contributed by atoms with E-state index >= 15 is 0 Å². The van der Waals surface area contributed by atoms with Crippen molar-refractivity contribution in [2.24, 2.45) is 0 Å². The van der Waals surface area contributed by atoms with E-state index in [0.29, 0.717) is 17.9 Å². The Balaban J connectivity index is 1.25. The van der Waals surface area contributed by atoms with Gasteiger partial charge < -0.3 is 10.1 Å². The minimum Gasteiger partial charge on any atom is -0.489 e. The molecular weight excluding hydrogens is 410 g/mol. The Morgan fingerprint density at radius 2 is 1.53 bits per heavy atom. The van der Waals surface area contributed by atoms with Gasteiger partial charge in [-0.1, -0.05) is 30.3 Å². The summed E-state index contributed by atoms with van der Waals surface area (Å²) in [5.41, 5.74) is 2.50. The molecule has 1 N–H and O–H groups in total. The number of hydrogen-bond acceptors (Lipinski definition) is 3. The normalized spacial score (nSPS) is 14.8. The van der Waals surface area contributed by atoms with Crippen LogP contribution in [0.15, 0.2) is 72.8 Å². The van der Waals surface area contributed by atoms with Crippen LogP contribution in [-0.4, -0.2) is 29.9 Å². The monoisotopic (exact) mass is 436 g/mol. The third kappa shape index (κ3) is 6.14. The number of nitrogens with one attached hydrogen (secondary N) is 1. The minimum atomic E-state index is -0.284. The Morgan fingerprint density at radius 1 is 0.906 bits per heavy atom. The van der Waals surface area contributed by atoms with Gasteiger partial charge >= 0.3 is 0 Å². The van der Waals surface area contributed by atoms with Crippen LogP contribution in [0, 0.1) is 11.6 Å². The predicted octanol–water partition coefficient (Wildman–Crippen LogP) is 4.94. The van der Waals surface area contributed by atoms with Crippen LogP contribution in [0.3, 0.4) is 0 Å². The maximum Gasteiger partial charge on any atom is 0.251 e. The summed E-state index contributed by atoms with van der Waals surface area (Å²) in [4.78, 5) is 15.0. The average molecular weight is 437 g/mol. The van der Waals surface area contributed by atoms with E-state index in [-0.39, 0.29) is 23.6 Å². The van der Waals surface area contributed by atoms with Gasteiger partial charge in [-0.2, -0.15) is 0 Å². The number of likely N-dealkylation sites (tertiary alicyclic amines) is 1. The number of carbonyl (C=O) groups is 1. The summed E-state index contributed by atoms with van der Waals surface area (Å²) < 4.78 is 31.8. The highest BCUT2D eigenvalue weighted by Crippen LogP contribution is 2.18. The van der Waals surface area contributed by atoms with Gasteiger partial charge in [0.2, 0.25) is 0 Å². The molecule has 4 nitrogen and oxygen atoms in total. The van der Waals surface area contributed by atoms with Gasteiger partial charge in [0, 0.05) is 31.2 Å². The zero-order chi connectivity index (χ0) is 22.3. The molecule has 1 aliphatic heterocycles. The highest BCUT2D eigenvalue weighted by atomic mass is 19.1. The Morgan fingerprint density at radius 3 is 2.19 bits per heavy atom. The quantitative estimate of drug-likeness (QED) is 0.571. The molecule has 166 valence electrons. The van der Waals surface area contributed by atoms with Crippen molar-refractivity contribution in [2.75, 3.05) is 13.1 Å². The van der Waals surface area contributed by atoms with Crippen molar-refractivity contribution in [1.29, 1.82) is 0 Å². The molecule has 1 saturated heterocycles. The molecule has 1 amide bonds. The van der Waals surface area contributed by atoms with Crippen LogP contribution in [-0.2, 0) is 13.2 Å². The molecule has 3 aromatic rings. The number of rotatable bonds is 7. The van der Waals surface area contributed by atoms with Gasteiger partial charge in [0.05, 0.1) is 0 Å². The second-order valence-corrected chi connectivity index (χ2v) is 8.09. The fraction of sp³-hybridized carbons (Fsp3) is 0.269. The van der Waals surface area contributed by atoms with Gasteiger partial charge in [0.1, 0.15) is 24.0 Å². The van der Waals surface area contributed by atoms with Gasteiger partial charge in [0.25, 0.3) is 5.91 Å². The molecule has 0 bridgehead atoms. The molecule has 0 saturated carbocycles. The number of amides is 1. The van der Waals surface area contributed by atoms with Crippen LogP contribution in [0.5, 0.6) is 5.75 Å². The fourth-order valence-electron chi connectivity index (χ4n) is 3.83. The summed E-state index contributed by atoms with van der Waals surface area (Å²) in [5.74, 6) is -0.0286. The second kappa shape index (κ2) is 10.4. The summed E-state index contributed by atoms with van der Waals surface area (Å²) in [5, 5.41) is 3.12. The molecule has 4 rings (SSSR count). The van der Waals surface area contributed by atoms with Crippen molar-refractivity contribution in [1.82, 2.24) is 10.2 Å². The Labute approximate surface area is 186 Å². The van der Waals surface area contributed by atoms with Gasteiger partial charge in [-0.05, 0) is 66.4 Å². The topological polar surface area (TPSA) is 41.6 Å². The first-order valence-electron chi connectivity index (χ1n) is 10.8. The van der Waals surface area contributed by atoms with E-state index in [0.717, 1.165) is 43.6 Å². The summed E-state index contributed by atoms with van der Waals surface area (Å²) in [7, 11) is 0. The third-order valence-electron chi connectivity index (χ3n) is 5.66. The van der Waals surface area contributed by atoms with Crippen LogP contribution >= 0.6 is 0 Å². The van der Waals surface area contributed by atoms with Gasteiger partial charge in [-0.25, -0.2) is 8.78 Å². The first-order valence-corrected chi connectivity index (χ1v) is 10.8. The van der Waals surface area contributed by atoms with Crippen LogP contribution in [0.4, 0.5) is 8.78 Å². The zero-order valence-electron chi connectivity index (χ0n) is 17.8. The third-order valence-corrected chi connectivity index (χ3v) is 5.66. The molecule has 32 heavy (non-hydrogen) atoms. The standard InChI is InChI=1S/C26H26F2N2O2/c27-22-8-4-19(5-9-22)17-30-14-12-24(13-15-30)29-26(31)21-2-1-3-25(16-21)32-18-20-6-10-23(28)11-7-20/h1-11,16,24H,12-15,17-18H2,(H,29,31). The van der Waals surface area contributed by atoms with Crippen molar-refractivity contribution in [3.63, 3.8) is 0 Å². The van der Waals surface area contributed by atoms with E-state index in [9.17, 15) is 13.6 Å². The Bertz CT molecular complexity index is 1030. The summed E-state index contributed by atoms with van der Waals surface area (Å²) >= 11 is 0. The molecule has 0 unspecified atom stereocenters. The van der Waals surface area contributed by atoms with Crippen molar-refractivity contribution >= 4 is 5.91 Å². The van der Waals surface area contributed by atoms with Gasteiger partial charge in [-0.15, -0.1) is 0 Å². The van der Waals surface area contributed by atoms with Crippen molar-refractivity contribution in [2.45, 2.75) is 32.0 Å². The number of nitrogens with zero attached hydrogens (tertiary/aromatic N) is 1. The Hall–Kier alpha value is -3.25. The van der Waals surface area contributed by atoms with Gasteiger partial charge in [0.15, 0.2) is 0 Å². The summed E-state index contributed by atoms with van der Waals surface area (Å²) in [6.45, 7) is 2.85. The minimum absolute atomic E-state index is 0.116. The van der Waals surface area contributed by atoms with E-state index in [1.807, 2.05) is 12.1 Å². The maximum absolute atomic E-state index is 13.1. The maximum atomic E-state index is 13.1. The molecular formula is C26H26F2N2O2. The molecule has 0 spiro atoms. The van der Waals surface area contributed by atoms with Crippen molar-refractivity contribution in [3.8, 4) is 5.75 Å². The summed E-state index contributed by atoms with van der Waals surface area (Å²) in [6, 6.07) is 19.9. The van der Waals surface area contributed by atoms with E-state index in [1.165, 1.54) is 24.3 Å². The fourth-order valence-corrected chi connectivity index (χ4v) is 3.83. The van der Waals surface area contributed by atoms with Crippen molar-refractivity contribution < 1.29 is 18.3 Å². The number of carbonyl (C=O) groups excluding carboxylic acids is 1. The second-order valence-electron chi connectivity index (χ2n) is 8.09. The molecule has 1 aliphatic rings. The number of ether oxygens (including phenoxy) is 1. The molecule has 0 aromatic heterocycles. The lowest BCUT2D eigenvalue weighted by atomic mass is 10.0. The predicted molar refractivity (Wildman–Crippen MR) is 119 cm³/mol. The summed E-state index contributed by atoms with van der Waals surface area (Å²) in [6.07, 6.45) is 1.74. The molecule has 0 aliphatic carbocycles. The van der Waals surface area contributed by atoms with Crippen LogP contribution in [0.25, 0.3) is 0 Å². The number of benzene rings is 3. The van der Waals surface area contributed by atoms with Gasteiger partial charge in [-0.3, -0.25) is 9.69 Å². The first-order chi connectivity index (χ1) is 15.5. The van der Waals surface area contributed by atoms with E-state index in [4.69, 9.17) is 4.74 Å². The smallest absolute Gasteiger partial charge is 0.251 e. The lowest BCUT2D eigenvalue weighted by Crippen LogP contribution is -2.44. The molecule has 0 radical (unpaired) electrons. The number of hydrogen-bond donors (Lipinski definition) is 1. The Kier molecular flexibility index (Phi) is 7.12. The largest absolute Gasteiger partial charge is 0.489 e. The highest BCUT2D eigenvalue weighted by molar-refractivity contribution is 5.94. The molecule has 3 aromatic carbocycles. The van der Waals surface area contributed by atoms with Crippen LogP contribution in [0.2, 0.25) is 0 Å². The van der Waals surface area contributed by atoms with Crippen LogP contribution in [0.1, 0.15) is 34.3 Å². The number of piperidine rings is 1. The average Bonchev–Trinajstić information content (AvgIpc) is 2.82. The highest BCUT2D eigenvalue weighted by Gasteiger charge is 2.21. The molecule has 6 heteroatoms. The lowest BCUT2D eigenvalue weighted by Gasteiger charge is -2.32. The molecule has 1 heterocycles. The van der Waals surface area contributed by atoms with Crippen molar-refractivity contribution in [3.05, 3.63) is 101 Å². The van der Waals surface area contributed by atoms with Crippen LogP contribution < -0.4 is 10.1 Å². The molecule has 1 fully saturated rings. The first kappa shape index (κ1) is 22.0.